The first-order chi connectivity index (χ1) is 7.44. The number of nitrogens with zero attached hydrogens (tertiary/aromatic N) is 1. The fraction of sp³-hybridized carbons (Fsp3) is 0.400. The van der Waals surface area contributed by atoms with Crippen LogP contribution in [0.4, 0.5) is 8.78 Å². The SMILES string of the molecule is Cc1ccc(C(=O)NCC(F)(F)CN)cn1.Cl.Cl. The van der Waals surface area contributed by atoms with Crippen molar-refractivity contribution in [3.05, 3.63) is 29.6 Å². The van der Waals surface area contributed by atoms with Crippen molar-refractivity contribution >= 4 is 30.7 Å². The van der Waals surface area contributed by atoms with E-state index in [4.69, 9.17) is 5.73 Å². The lowest BCUT2D eigenvalue weighted by Gasteiger charge is -2.14. The van der Waals surface area contributed by atoms with Crippen molar-refractivity contribution in [1.29, 1.82) is 0 Å². The number of nitrogens with one attached hydrogen (secondary N) is 1. The Morgan fingerprint density at radius 1 is 1.44 bits per heavy atom. The molecule has 0 saturated heterocycles. The molecule has 1 aromatic rings. The van der Waals surface area contributed by atoms with Crippen LogP contribution in [0.15, 0.2) is 18.3 Å². The van der Waals surface area contributed by atoms with Crippen LogP contribution < -0.4 is 11.1 Å². The van der Waals surface area contributed by atoms with Gasteiger partial charge in [-0.05, 0) is 19.1 Å². The topological polar surface area (TPSA) is 68.0 Å². The molecule has 0 saturated carbocycles. The second kappa shape index (κ2) is 8.18. The molecular weight excluding hydrogens is 287 g/mol. The van der Waals surface area contributed by atoms with Crippen LogP contribution in [0.2, 0.25) is 0 Å². The van der Waals surface area contributed by atoms with Crippen molar-refractivity contribution < 1.29 is 13.6 Å². The predicted octanol–water partition coefficient (Wildman–Crippen LogP) is 1.56. The van der Waals surface area contributed by atoms with Crippen molar-refractivity contribution in [2.45, 2.75) is 12.8 Å². The Kier molecular flexibility index (Phi) is 8.80. The normalized spacial score (nSPS) is 10.0. The van der Waals surface area contributed by atoms with Crippen LogP contribution in [0.3, 0.4) is 0 Å². The van der Waals surface area contributed by atoms with Gasteiger partial charge in [0.2, 0.25) is 0 Å². The van der Waals surface area contributed by atoms with E-state index in [-0.39, 0.29) is 30.4 Å². The van der Waals surface area contributed by atoms with Crippen LogP contribution in [0.1, 0.15) is 16.1 Å². The number of hydrogen-bond acceptors (Lipinski definition) is 3. The van der Waals surface area contributed by atoms with Crippen LogP contribution in [0.5, 0.6) is 0 Å². The molecule has 0 aliphatic rings. The maximum absolute atomic E-state index is 12.7. The van der Waals surface area contributed by atoms with Crippen LogP contribution in [-0.4, -0.2) is 29.9 Å². The van der Waals surface area contributed by atoms with Crippen molar-refractivity contribution in [3.8, 4) is 0 Å². The summed E-state index contributed by atoms with van der Waals surface area (Å²) in [5.41, 5.74) is 5.84. The number of pyridine rings is 1. The molecule has 0 aliphatic carbocycles. The molecule has 18 heavy (non-hydrogen) atoms. The third kappa shape index (κ3) is 6.09. The molecule has 1 aromatic heterocycles. The lowest BCUT2D eigenvalue weighted by atomic mass is 10.2. The van der Waals surface area contributed by atoms with Gasteiger partial charge in [-0.15, -0.1) is 24.8 Å². The number of nitrogens with two attached hydrogens (primary N) is 1. The first-order valence-electron chi connectivity index (χ1n) is 4.73. The third-order valence-electron chi connectivity index (χ3n) is 1.98. The van der Waals surface area contributed by atoms with Gasteiger partial charge in [-0.1, -0.05) is 0 Å². The number of rotatable bonds is 4. The van der Waals surface area contributed by atoms with E-state index in [1.54, 1.807) is 13.0 Å². The number of aromatic nitrogens is 1. The summed E-state index contributed by atoms with van der Waals surface area (Å²) in [6.45, 7) is 0.208. The summed E-state index contributed by atoms with van der Waals surface area (Å²) in [6.07, 6.45) is 1.34. The van der Waals surface area contributed by atoms with Gasteiger partial charge < -0.3 is 11.1 Å². The fourth-order valence-corrected chi connectivity index (χ4v) is 0.986. The summed E-state index contributed by atoms with van der Waals surface area (Å²) < 4.78 is 25.5. The smallest absolute Gasteiger partial charge is 0.277 e. The van der Waals surface area contributed by atoms with Gasteiger partial charge >= 0.3 is 0 Å². The number of aryl methyl sites for hydroxylation is 1. The van der Waals surface area contributed by atoms with E-state index in [2.05, 4.69) is 10.3 Å². The Morgan fingerprint density at radius 3 is 2.50 bits per heavy atom. The molecule has 0 aliphatic heterocycles. The molecule has 1 amide bonds. The summed E-state index contributed by atoms with van der Waals surface area (Å²) in [7, 11) is 0. The maximum Gasteiger partial charge on any atom is 0.277 e. The molecule has 4 nitrogen and oxygen atoms in total. The summed E-state index contributed by atoms with van der Waals surface area (Å²) in [6, 6.07) is 3.16. The quantitative estimate of drug-likeness (QED) is 0.887. The van der Waals surface area contributed by atoms with Gasteiger partial charge in [0.1, 0.15) is 0 Å². The van der Waals surface area contributed by atoms with Gasteiger partial charge in [0, 0.05) is 11.9 Å². The van der Waals surface area contributed by atoms with Crippen LogP contribution >= 0.6 is 24.8 Å². The van der Waals surface area contributed by atoms with E-state index < -0.39 is 24.9 Å². The Hall–Kier alpha value is -0.980. The first-order valence-corrected chi connectivity index (χ1v) is 4.73. The lowest BCUT2D eigenvalue weighted by molar-refractivity contribution is 0.0118. The second-order valence-corrected chi connectivity index (χ2v) is 3.43. The molecule has 1 heterocycles. The van der Waals surface area contributed by atoms with E-state index in [1.165, 1.54) is 12.3 Å². The van der Waals surface area contributed by atoms with Crippen LogP contribution in [0, 0.1) is 6.92 Å². The van der Waals surface area contributed by atoms with E-state index >= 15 is 0 Å². The van der Waals surface area contributed by atoms with Gasteiger partial charge in [-0.2, -0.15) is 0 Å². The average Bonchev–Trinajstić information content (AvgIpc) is 2.27. The Bertz CT molecular complexity index is 374. The zero-order valence-electron chi connectivity index (χ0n) is 9.65. The van der Waals surface area contributed by atoms with E-state index in [1.807, 2.05) is 0 Å². The highest BCUT2D eigenvalue weighted by atomic mass is 35.5. The Balaban J connectivity index is 0. The average molecular weight is 302 g/mol. The zero-order chi connectivity index (χ0) is 12.2. The molecule has 0 fully saturated rings. The van der Waals surface area contributed by atoms with Crippen LogP contribution in [-0.2, 0) is 0 Å². The summed E-state index contributed by atoms with van der Waals surface area (Å²) in [5, 5.41) is 2.10. The van der Waals surface area contributed by atoms with Crippen LogP contribution in [0.25, 0.3) is 0 Å². The zero-order valence-corrected chi connectivity index (χ0v) is 11.3. The van der Waals surface area contributed by atoms with Gasteiger partial charge in [0.05, 0.1) is 18.7 Å². The molecule has 0 atom stereocenters. The summed E-state index contributed by atoms with van der Waals surface area (Å²) in [5.74, 6) is -3.66. The monoisotopic (exact) mass is 301 g/mol. The fourth-order valence-electron chi connectivity index (χ4n) is 0.986. The number of carbonyl (C=O) groups is 1. The highest BCUT2D eigenvalue weighted by molar-refractivity contribution is 5.93. The highest BCUT2D eigenvalue weighted by Gasteiger charge is 2.27. The van der Waals surface area contributed by atoms with Gasteiger partial charge in [0.15, 0.2) is 0 Å². The van der Waals surface area contributed by atoms with E-state index in [0.717, 1.165) is 5.69 Å². The summed E-state index contributed by atoms with van der Waals surface area (Å²) >= 11 is 0. The highest BCUT2D eigenvalue weighted by Crippen LogP contribution is 2.09. The number of halogens is 4. The molecule has 0 unspecified atom stereocenters. The largest absolute Gasteiger partial charge is 0.346 e. The molecule has 0 radical (unpaired) electrons. The minimum absolute atomic E-state index is 0. The number of amides is 1. The molecule has 0 aromatic carbocycles. The van der Waals surface area contributed by atoms with Gasteiger partial charge in [-0.3, -0.25) is 9.78 Å². The maximum atomic E-state index is 12.7. The predicted molar refractivity (Wildman–Crippen MR) is 69.8 cm³/mol. The molecular formula is C10H15Cl2F2N3O. The molecule has 104 valence electrons. The minimum atomic E-state index is -3.08. The molecule has 1 rings (SSSR count). The lowest BCUT2D eigenvalue weighted by Crippen LogP contribution is -2.41. The number of alkyl halides is 2. The standard InChI is InChI=1S/C10H13F2N3O.2ClH/c1-7-2-3-8(4-14-7)9(16)15-6-10(11,12)5-13;;/h2-4H,5-6,13H2,1H3,(H,15,16);2*1H. The van der Waals surface area contributed by atoms with Gasteiger partial charge in [-0.25, -0.2) is 8.78 Å². The Labute approximate surface area is 116 Å². The van der Waals surface area contributed by atoms with E-state index in [0.29, 0.717) is 0 Å². The van der Waals surface area contributed by atoms with Crippen molar-refractivity contribution in [2.75, 3.05) is 13.1 Å². The van der Waals surface area contributed by atoms with Crippen molar-refractivity contribution in [3.63, 3.8) is 0 Å². The number of hydrogen-bond donors (Lipinski definition) is 2. The van der Waals surface area contributed by atoms with Gasteiger partial charge in [0.25, 0.3) is 11.8 Å². The minimum Gasteiger partial charge on any atom is -0.346 e. The second-order valence-electron chi connectivity index (χ2n) is 3.43. The molecule has 3 N–H and O–H groups in total. The summed E-state index contributed by atoms with van der Waals surface area (Å²) in [4.78, 5) is 15.3. The molecule has 0 spiro atoms. The third-order valence-corrected chi connectivity index (χ3v) is 1.98. The van der Waals surface area contributed by atoms with Crippen molar-refractivity contribution in [1.82, 2.24) is 10.3 Å². The molecule has 8 heteroatoms. The first kappa shape index (κ1) is 19.4. The van der Waals surface area contributed by atoms with Crippen molar-refractivity contribution in [2.24, 2.45) is 5.73 Å². The molecule has 0 bridgehead atoms. The Morgan fingerprint density at radius 2 is 2.06 bits per heavy atom. The number of carbonyl (C=O) groups excluding carboxylic acids is 1. The van der Waals surface area contributed by atoms with E-state index in [9.17, 15) is 13.6 Å².